The topological polar surface area (TPSA) is 102 Å². The van der Waals surface area contributed by atoms with Crippen LogP contribution in [0.5, 0.6) is 5.75 Å². The van der Waals surface area contributed by atoms with Crippen LogP contribution in [0.3, 0.4) is 0 Å². The first-order chi connectivity index (χ1) is 14.6. The number of pyridine rings is 1. The zero-order valence-electron chi connectivity index (χ0n) is 16.5. The standard InChI is InChI=1S/C20H20N6O3S/c1-13(18(27)25-12-11-22-19(25)28)30-20-24-23-17(14-7-9-21-10-8-14)26(20)15-3-5-16(29-2)6-4-15/h3-10,13H,11-12H2,1-2H3,(H,22,28). The second kappa shape index (κ2) is 8.54. The van der Waals surface area contributed by atoms with Crippen molar-refractivity contribution in [1.82, 2.24) is 30.0 Å². The minimum atomic E-state index is -0.514. The summed E-state index contributed by atoms with van der Waals surface area (Å²) in [6.45, 7) is 2.60. The number of amides is 3. The Hall–Kier alpha value is -3.40. The number of methoxy groups -OCH3 is 1. The Labute approximate surface area is 177 Å². The van der Waals surface area contributed by atoms with Crippen LogP contribution in [0.1, 0.15) is 6.92 Å². The van der Waals surface area contributed by atoms with Crippen LogP contribution in [0.4, 0.5) is 4.79 Å². The van der Waals surface area contributed by atoms with Gasteiger partial charge in [-0.05, 0) is 43.3 Å². The third-order valence-corrected chi connectivity index (χ3v) is 5.69. The number of carbonyl (C=O) groups is 2. The maximum atomic E-state index is 12.7. The summed E-state index contributed by atoms with van der Waals surface area (Å²) in [5, 5.41) is 11.4. The molecule has 0 radical (unpaired) electrons. The lowest BCUT2D eigenvalue weighted by atomic mass is 10.2. The van der Waals surface area contributed by atoms with Gasteiger partial charge in [0.15, 0.2) is 11.0 Å². The number of ether oxygens (including phenoxy) is 1. The molecule has 1 aromatic carbocycles. The highest BCUT2D eigenvalue weighted by Gasteiger charge is 2.31. The number of hydrogen-bond donors (Lipinski definition) is 1. The number of nitrogens with zero attached hydrogens (tertiary/aromatic N) is 5. The molecule has 2 aromatic heterocycles. The van der Waals surface area contributed by atoms with Crippen LogP contribution in [-0.2, 0) is 4.79 Å². The molecule has 1 aliphatic rings. The Bertz CT molecular complexity index is 1050. The fraction of sp³-hybridized carbons (Fsp3) is 0.250. The molecule has 10 heteroatoms. The number of hydrogen-bond acceptors (Lipinski definition) is 7. The molecule has 0 aliphatic carbocycles. The Morgan fingerprint density at radius 1 is 1.17 bits per heavy atom. The van der Waals surface area contributed by atoms with Crippen molar-refractivity contribution in [3.8, 4) is 22.8 Å². The molecule has 9 nitrogen and oxygen atoms in total. The largest absolute Gasteiger partial charge is 0.497 e. The molecule has 0 spiro atoms. The van der Waals surface area contributed by atoms with Crippen LogP contribution in [0, 0.1) is 0 Å². The third kappa shape index (κ3) is 3.86. The molecule has 0 saturated carbocycles. The van der Waals surface area contributed by atoms with Crippen molar-refractivity contribution in [2.24, 2.45) is 0 Å². The van der Waals surface area contributed by atoms with Crippen LogP contribution in [-0.4, -0.2) is 62.0 Å². The van der Waals surface area contributed by atoms with E-state index in [9.17, 15) is 9.59 Å². The lowest BCUT2D eigenvalue weighted by molar-refractivity contribution is -0.126. The van der Waals surface area contributed by atoms with Gasteiger partial charge in [-0.25, -0.2) is 4.79 Å². The molecule has 3 heterocycles. The summed E-state index contributed by atoms with van der Waals surface area (Å²) in [6, 6.07) is 10.8. The van der Waals surface area contributed by atoms with Crippen LogP contribution < -0.4 is 10.1 Å². The molecule has 1 atom stereocenters. The fourth-order valence-corrected chi connectivity index (χ4v) is 4.04. The van der Waals surface area contributed by atoms with Crippen molar-refractivity contribution in [1.29, 1.82) is 0 Å². The summed E-state index contributed by atoms with van der Waals surface area (Å²) < 4.78 is 7.13. The van der Waals surface area contributed by atoms with Crippen LogP contribution in [0.2, 0.25) is 0 Å². The first kappa shape index (κ1) is 19.9. The molecule has 1 fully saturated rings. The molecule has 1 N–H and O–H groups in total. The van der Waals surface area contributed by atoms with E-state index in [1.54, 1.807) is 26.4 Å². The monoisotopic (exact) mass is 424 g/mol. The van der Waals surface area contributed by atoms with E-state index in [-0.39, 0.29) is 11.9 Å². The minimum absolute atomic E-state index is 0.259. The van der Waals surface area contributed by atoms with Gasteiger partial charge in [0.05, 0.1) is 12.4 Å². The van der Waals surface area contributed by atoms with Crippen molar-refractivity contribution in [2.45, 2.75) is 17.3 Å². The molecular weight excluding hydrogens is 404 g/mol. The Morgan fingerprint density at radius 2 is 1.90 bits per heavy atom. The van der Waals surface area contributed by atoms with Gasteiger partial charge in [-0.2, -0.15) is 0 Å². The molecule has 4 rings (SSSR count). The highest BCUT2D eigenvalue weighted by molar-refractivity contribution is 8.00. The number of imide groups is 1. The predicted octanol–water partition coefficient (Wildman–Crippen LogP) is 2.37. The number of nitrogens with one attached hydrogen (secondary N) is 1. The smallest absolute Gasteiger partial charge is 0.324 e. The Morgan fingerprint density at radius 3 is 2.53 bits per heavy atom. The molecule has 1 saturated heterocycles. The van der Waals surface area contributed by atoms with Crippen molar-refractivity contribution >= 4 is 23.7 Å². The average molecular weight is 424 g/mol. The molecule has 1 unspecified atom stereocenters. The lowest BCUT2D eigenvalue weighted by Crippen LogP contribution is -2.39. The van der Waals surface area contributed by atoms with E-state index in [2.05, 4.69) is 20.5 Å². The number of carbonyl (C=O) groups excluding carboxylic acids is 2. The van der Waals surface area contributed by atoms with Gasteiger partial charge in [-0.1, -0.05) is 11.8 Å². The van der Waals surface area contributed by atoms with Gasteiger partial charge >= 0.3 is 6.03 Å². The number of aromatic nitrogens is 4. The van der Waals surface area contributed by atoms with Crippen molar-refractivity contribution in [2.75, 3.05) is 20.2 Å². The fourth-order valence-electron chi connectivity index (χ4n) is 3.11. The predicted molar refractivity (Wildman–Crippen MR) is 112 cm³/mol. The summed E-state index contributed by atoms with van der Waals surface area (Å²) in [5.74, 6) is 1.10. The average Bonchev–Trinajstić information content (AvgIpc) is 3.40. The molecular formula is C20H20N6O3S. The van der Waals surface area contributed by atoms with Crippen LogP contribution in [0.15, 0.2) is 53.9 Å². The maximum Gasteiger partial charge on any atom is 0.324 e. The number of thioether (sulfide) groups is 1. The first-order valence-electron chi connectivity index (χ1n) is 9.34. The highest BCUT2D eigenvalue weighted by atomic mass is 32.2. The summed E-state index contributed by atoms with van der Waals surface area (Å²) in [5.41, 5.74) is 1.67. The van der Waals surface area contributed by atoms with Crippen molar-refractivity contribution < 1.29 is 14.3 Å². The molecule has 30 heavy (non-hydrogen) atoms. The zero-order chi connectivity index (χ0) is 21.1. The van der Waals surface area contributed by atoms with E-state index in [4.69, 9.17) is 4.74 Å². The maximum absolute atomic E-state index is 12.7. The second-order valence-electron chi connectivity index (χ2n) is 6.56. The summed E-state index contributed by atoms with van der Waals surface area (Å²) in [7, 11) is 1.61. The van der Waals surface area contributed by atoms with Gasteiger partial charge in [0.25, 0.3) is 0 Å². The quantitative estimate of drug-likeness (QED) is 0.606. The van der Waals surface area contributed by atoms with E-state index >= 15 is 0 Å². The van der Waals surface area contributed by atoms with E-state index in [0.717, 1.165) is 17.0 Å². The van der Waals surface area contributed by atoms with Gasteiger partial charge < -0.3 is 10.1 Å². The number of benzene rings is 1. The zero-order valence-corrected chi connectivity index (χ0v) is 17.3. The lowest BCUT2D eigenvalue weighted by Gasteiger charge is -2.18. The van der Waals surface area contributed by atoms with Crippen LogP contribution >= 0.6 is 11.8 Å². The first-order valence-corrected chi connectivity index (χ1v) is 10.2. The molecule has 154 valence electrons. The van der Waals surface area contributed by atoms with E-state index in [1.165, 1.54) is 16.7 Å². The summed E-state index contributed by atoms with van der Waals surface area (Å²) in [4.78, 5) is 29.9. The summed E-state index contributed by atoms with van der Waals surface area (Å²) >= 11 is 1.26. The summed E-state index contributed by atoms with van der Waals surface area (Å²) in [6.07, 6.45) is 3.38. The molecule has 3 amide bonds. The van der Waals surface area contributed by atoms with E-state index in [0.29, 0.717) is 24.1 Å². The molecule has 3 aromatic rings. The Kier molecular flexibility index (Phi) is 5.66. The number of rotatable bonds is 6. The third-order valence-electron chi connectivity index (χ3n) is 4.66. The number of urea groups is 1. The van der Waals surface area contributed by atoms with E-state index < -0.39 is 5.25 Å². The highest BCUT2D eigenvalue weighted by Crippen LogP contribution is 2.31. The SMILES string of the molecule is COc1ccc(-n2c(SC(C)C(=O)N3CCNC3=O)nnc2-c2ccncc2)cc1. The minimum Gasteiger partial charge on any atom is -0.497 e. The van der Waals surface area contributed by atoms with E-state index in [1.807, 2.05) is 41.0 Å². The van der Waals surface area contributed by atoms with Gasteiger partial charge in [-0.3, -0.25) is 19.2 Å². The molecule has 1 aliphatic heterocycles. The molecule has 0 bridgehead atoms. The van der Waals surface area contributed by atoms with Gasteiger partial charge in [0.2, 0.25) is 5.91 Å². The van der Waals surface area contributed by atoms with Gasteiger partial charge in [0.1, 0.15) is 5.75 Å². The van der Waals surface area contributed by atoms with Gasteiger partial charge in [-0.15, -0.1) is 10.2 Å². The second-order valence-corrected chi connectivity index (χ2v) is 7.87. The van der Waals surface area contributed by atoms with Crippen molar-refractivity contribution in [3.05, 3.63) is 48.8 Å². The van der Waals surface area contributed by atoms with Crippen molar-refractivity contribution in [3.63, 3.8) is 0 Å². The normalized spacial score (nSPS) is 14.5. The Balaban J connectivity index is 1.69. The van der Waals surface area contributed by atoms with Crippen LogP contribution in [0.25, 0.3) is 17.1 Å². The van der Waals surface area contributed by atoms with Gasteiger partial charge in [0, 0.05) is 36.7 Å².